The second-order valence-corrected chi connectivity index (χ2v) is 3.01. The molecule has 1 rings (SSSR count). The molecule has 9 heteroatoms. The topological polar surface area (TPSA) is 127 Å². The van der Waals surface area contributed by atoms with Crippen molar-refractivity contribution in [2.75, 3.05) is 0 Å². The number of carbonyl (C=O) groups excluding carboxylic acids is 1. The largest absolute Gasteiger partial charge is 0.740 e. The van der Waals surface area contributed by atoms with Crippen LogP contribution in [0.3, 0.4) is 0 Å². The van der Waals surface area contributed by atoms with Crippen LogP contribution in [0.1, 0.15) is 10.4 Å². The minimum absolute atomic E-state index is 0. The van der Waals surface area contributed by atoms with Gasteiger partial charge in [0.2, 0.25) is 0 Å². The average Bonchev–Trinajstić information content (AvgIpc) is 2.12. The smallest absolute Gasteiger partial charge is 0.351 e. The molecule has 3 N–H and O–H groups in total. The molecule has 0 fully saturated rings. The Morgan fingerprint density at radius 2 is 1.69 bits per heavy atom. The van der Waals surface area contributed by atoms with Crippen LogP contribution in [0, 0.1) is 35.6 Å². The summed E-state index contributed by atoms with van der Waals surface area (Å²) < 4.78 is 23.8. The van der Waals surface area contributed by atoms with Gasteiger partial charge in [0.1, 0.15) is 11.4 Å². The Balaban J connectivity index is 0.00000225. The third-order valence-electron chi connectivity index (χ3n) is 1.45. The van der Waals surface area contributed by atoms with Gasteiger partial charge in [0, 0.05) is 35.6 Å². The molecule has 1 aromatic rings. The van der Waals surface area contributed by atoms with Crippen LogP contribution in [-0.2, 0) is 15.5 Å². The van der Waals surface area contributed by atoms with E-state index < -0.39 is 40.1 Å². The van der Waals surface area contributed by atoms with E-state index in [0.717, 1.165) is 12.1 Å². The fourth-order valence-electron chi connectivity index (χ4n) is 0.832. The fourth-order valence-corrected chi connectivity index (χ4v) is 1.05. The summed E-state index contributed by atoms with van der Waals surface area (Å²) in [5.74, 6) is -3.62. The zero-order chi connectivity index (χ0) is 11.6. The predicted octanol–water partition coefficient (Wildman–Crippen LogP) is -0.246. The van der Waals surface area contributed by atoms with Crippen molar-refractivity contribution in [2.45, 2.75) is 0 Å². The third-order valence-corrected chi connectivity index (χ3v) is 1.74. The zero-order valence-corrected chi connectivity index (χ0v) is 12.1. The number of hydrogen-bond acceptors (Lipinski definition) is 7. The van der Waals surface area contributed by atoms with Crippen molar-refractivity contribution in [3.8, 4) is 17.2 Å². The van der Waals surface area contributed by atoms with E-state index in [4.69, 9.17) is 15.3 Å². The molecule has 7 nitrogen and oxygen atoms in total. The van der Waals surface area contributed by atoms with Crippen molar-refractivity contribution in [1.29, 1.82) is 0 Å². The van der Waals surface area contributed by atoms with Gasteiger partial charge in [0.25, 0.3) is 0 Å². The Bertz CT molecular complexity index is 410. The van der Waals surface area contributed by atoms with Crippen LogP contribution in [0.2, 0.25) is 0 Å². The molecule has 0 aliphatic rings. The standard InChI is InChI=1S/C7H6O7S.La/c8-4-1-3(2-5(9)6(4)10)7(11)14-15(12)13;/h1-2,8-10H,(H,12,13);/p-1. The number of aromatic hydroxyl groups is 3. The van der Waals surface area contributed by atoms with Gasteiger partial charge in [-0.3, -0.25) is 0 Å². The number of carbonyl (C=O) groups is 1. The van der Waals surface area contributed by atoms with Crippen LogP contribution in [-0.4, -0.2) is 30.1 Å². The molecule has 0 amide bonds. The second kappa shape index (κ2) is 6.21. The van der Waals surface area contributed by atoms with Crippen LogP contribution in [0.5, 0.6) is 17.2 Å². The molecule has 0 saturated heterocycles. The summed E-state index contributed by atoms with van der Waals surface area (Å²) in [5, 5.41) is 26.9. The van der Waals surface area contributed by atoms with Crippen LogP contribution < -0.4 is 0 Å². The molecule has 0 saturated carbocycles. The van der Waals surface area contributed by atoms with Crippen molar-refractivity contribution in [1.82, 2.24) is 0 Å². The quantitative estimate of drug-likeness (QED) is 0.483. The van der Waals surface area contributed by atoms with Crippen LogP contribution >= 0.6 is 0 Å². The number of hydrogen-bond donors (Lipinski definition) is 3. The van der Waals surface area contributed by atoms with E-state index in [2.05, 4.69) is 4.18 Å². The van der Waals surface area contributed by atoms with Crippen LogP contribution in [0.15, 0.2) is 12.1 Å². The van der Waals surface area contributed by atoms with Crippen LogP contribution in [0.4, 0.5) is 0 Å². The minimum Gasteiger partial charge on any atom is -0.740 e. The Morgan fingerprint density at radius 1 is 1.25 bits per heavy atom. The molecule has 85 valence electrons. The molecule has 1 aromatic carbocycles. The summed E-state index contributed by atoms with van der Waals surface area (Å²) in [6.45, 7) is 0. The summed E-state index contributed by atoms with van der Waals surface area (Å²) in [7, 11) is 0. The fraction of sp³-hybridized carbons (Fsp3) is 0. The van der Waals surface area contributed by atoms with E-state index in [1.54, 1.807) is 0 Å². The maximum atomic E-state index is 11.0. The van der Waals surface area contributed by atoms with E-state index in [1.807, 2.05) is 0 Å². The molecule has 0 heterocycles. The summed E-state index contributed by atoms with van der Waals surface area (Å²) in [5.41, 5.74) is -0.410. The van der Waals surface area contributed by atoms with Crippen molar-refractivity contribution < 1.29 is 68.7 Å². The number of rotatable bonds is 2. The van der Waals surface area contributed by atoms with Crippen molar-refractivity contribution in [3.63, 3.8) is 0 Å². The van der Waals surface area contributed by atoms with E-state index in [0.29, 0.717) is 0 Å². The first kappa shape index (κ1) is 15.4. The molecular weight excluding hydrogens is 367 g/mol. The van der Waals surface area contributed by atoms with Crippen LogP contribution in [0.25, 0.3) is 0 Å². The molecule has 1 radical (unpaired) electrons. The number of benzene rings is 1. The van der Waals surface area contributed by atoms with Crippen molar-refractivity contribution in [2.24, 2.45) is 0 Å². The van der Waals surface area contributed by atoms with Gasteiger partial charge in [0.05, 0.1) is 5.56 Å². The minimum atomic E-state index is -3.04. The summed E-state index contributed by atoms with van der Waals surface area (Å²) in [4.78, 5) is 11.0. The Kier molecular flexibility index (Phi) is 5.97. The Morgan fingerprint density at radius 3 is 2.06 bits per heavy atom. The van der Waals surface area contributed by atoms with E-state index in [-0.39, 0.29) is 35.6 Å². The molecule has 0 aliphatic carbocycles. The Hall–Kier alpha value is -0.605. The molecule has 0 aromatic heterocycles. The van der Waals surface area contributed by atoms with Gasteiger partial charge < -0.3 is 24.1 Å². The first-order valence-corrected chi connectivity index (χ1v) is 4.48. The maximum Gasteiger partial charge on any atom is 0.351 e. The van der Waals surface area contributed by atoms with Gasteiger partial charge in [-0.2, -0.15) is 0 Å². The molecular formula is C7H5LaO7S-. The number of phenolic OH excluding ortho intramolecular Hbond substituents is 3. The SMILES string of the molecule is O=C(OS(=O)[O-])c1cc(O)c(O)c(O)c1.[La]. The predicted molar refractivity (Wildman–Crippen MR) is 45.8 cm³/mol. The van der Waals surface area contributed by atoms with E-state index >= 15 is 0 Å². The summed E-state index contributed by atoms with van der Waals surface area (Å²) >= 11 is -3.04. The van der Waals surface area contributed by atoms with Crippen molar-refractivity contribution in [3.05, 3.63) is 17.7 Å². The first-order chi connectivity index (χ1) is 6.91. The molecule has 1 atom stereocenters. The number of phenols is 3. The van der Waals surface area contributed by atoms with E-state index in [1.165, 1.54) is 0 Å². The van der Waals surface area contributed by atoms with E-state index in [9.17, 15) is 13.6 Å². The van der Waals surface area contributed by atoms with Gasteiger partial charge in [-0.25, -0.2) is 9.00 Å². The third kappa shape index (κ3) is 3.76. The molecule has 0 bridgehead atoms. The monoisotopic (exact) mass is 372 g/mol. The second-order valence-electron chi connectivity index (χ2n) is 2.44. The van der Waals surface area contributed by atoms with Gasteiger partial charge in [-0.05, 0) is 12.1 Å². The van der Waals surface area contributed by atoms with Gasteiger partial charge in [0.15, 0.2) is 17.2 Å². The maximum absolute atomic E-state index is 11.0. The molecule has 0 spiro atoms. The molecule has 1 unspecified atom stereocenters. The summed E-state index contributed by atoms with van der Waals surface area (Å²) in [6, 6.07) is 1.51. The van der Waals surface area contributed by atoms with Crippen molar-refractivity contribution >= 4 is 17.3 Å². The average molecular weight is 372 g/mol. The zero-order valence-electron chi connectivity index (χ0n) is 7.61. The summed E-state index contributed by atoms with van der Waals surface area (Å²) in [6.07, 6.45) is 0. The van der Waals surface area contributed by atoms with Gasteiger partial charge in [-0.1, -0.05) is 0 Å². The molecule has 16 heavy (non-hydrogen) atoms. The first-order valence-electron chi connectivity index (χ1n) is 3.48. The normalized spacial score (nSPS) is 11.3. The van der Waals surface area contributed by atoms with Gasteiger partial charge in [-0.15, -0.1) is 0 Å². The van der Waals surface area contributed by atoms with Gasteiger partial charge >= 0.3 is 5.97 Å². The Labute approximate surface area is 120 Å². The molecule has 0 aliphatic heterocycles.